The first-order chi connectivity index (χ1) is 10.4. The number of Topliss-reactive ketones (excluding diaryl/α,β-unsaturated/α-hetero) is 1. The maximum Gasteiger partial charge on any atom is 0.155 e. The van der Waals surface area contributed by atoms with E-state index in [2.05, 4.69) is 13.8 Å². The van der Waals surface area contributed by atoms with Crippen LogP contribution in [0.2, 0.25) is 0 Å². The van der Waals surface area contributed by atoms with Crippen molar-refractivity contribution in [2.24, 2.45) is 28.6 Å². The van der Waals surface area contributed by atoms with Crippen molar-refractivity contribution in [3.8, 4) is 0 Å². The summed E-state index contributed by atoms with van der Waals surface area (Å²) in [7, 11) is 0. The molecule has 0 saturated heterocycles. The molecule has 0 aliphatic heterocycles. The molecule has 0 aromatic heterocycles. The number of hydrogen-bond acceptors (Lipinski definition) is 3. The summed E-state index contributed by atoms with van der Waals surface area (Å²) < 4.78 is 0. The van der Waals surface area contributed by atoms with E-state index in [0.717, 1.165) is 25.7 Å². The first-order valence-electron chi connectivity index (χ1n) is 8.81. The van der Waals surface area contributed by atoms with Gasteiger partial charge in [-0.1, -0.05) is 19.4 Å². The molecule has 0 bridgehead atoms. The van der Waals surface area contributed by atoms with Gasteiger partial charge < -0.3 is 5.11 Å². The fourth-order valence-electron chi connectivity index (χ4n) is 6.30. The summed E-state index contributed by atoms with van der Waals surface area (Å²) in [6, 6.07) is 0. The lowest BCUT2D eigenvalue weighted by molar-refractivity contribution is -0.139. The lowest BCUT2D eigenvalue weighted by Crippen LogP contribution is -2.55. The first kappa shape index (κ1) is 14.6. The van der Waals surface area contributed by atoms with Crippen LogP contribution in [0.3, 0.4) is 0 Å². The lowest BCUT2D eigenvalue weighted by atomic mass is 9.47. The zero-order valence-corrected chi connectivity index (χ0v) is 13.6. The summed E-state index contributed by atoms with van der Waals surface area (Å²) >= 11 is 0. The van der Waals surface area contributed by atoms with Gasteiger partial charge >= 0.3 is 0 Å². The van der Waals surface area contributed by atoms with Crippen molar-refractivity contribution in [2.75, 3.05) is 0 Å². The zero-order valence-electron chi connectivity index (χ0n) is 13.6. The van der Waals surface area contributed by atoms with Gasteiger partial charge in [0.15, 0.2) is 5.78 Å². The van der Waals surface area contributed by atoms with Crippen LogP contribution in [0.5, 0.6) is 0 Å². The number of carbonyl (C=O) groups excluding carboxylic acids is 2. The van der Waals surface area contributed by atoms with Crippen LogP contribution in [0.25, 0.3) is 0 Å². The third-order valence-electron chi connectivity index (χ3n) is 7.69. The molecule has 0 amide bonds. The molecule has 120 valence electrons. The Bertz CT molecular complexity index is 577. The summed E-state index contributed by atoms with van der Waals surface area (Å²) in [5, 5.41) is 10.8. The van der Waals surface area contributed by atoms with Crippen LogP contribution in [0.1, 0.15) is 58.8 Å². The molecule has 1 N–H and O–H groups in total. The Hall–Kier alpha value is -0.960. The minimum absolute atomic E-state index is 0.0603. The Balaban J connectivity index is 1.75. The van der Waals surface area contributed by atoms with E-state index in [1.807, 2.05) is 6.08 Å². The van der Waals surface area contributed by atoms with Gasteiger partial charge in [-0.05, 0) is 61.3 Å². The van der Waals surface area contributed by atoms with E-state index < -0.39 is 0 Å². The van der Waals surface area contributed by atoms with Crippen LogP contribution < -0.4 is 0 Å². The topological polar surface area (TPSA) is 54.4 Å². The summed E-state index contributed by atoms with van der Waals surface area (Å²) in [6.45, 7) is 4.43. The van der Waals surface area contributed by atoms with Crippen molar-refractivity contribution in [3.05, 3.63) is 11.6 Å². The standard InChI is InChI=1S/C19H26O3/c1-18-7-5-12(20)9-11(18)10-15(21)17-13-3-4-16(22)19(13,2)8-6-14(17)18/h9,13-15,17,21H,3-8,10H2,1-2H3/t13-,14-,15?,17-,18-,19-/m0/s1. The smallest absolute Gasteiger partial charge is 0.155 e. The molecule has 0 spiro atoms. The van der Waals surface area contributed by atoms with Gasteiger partial charge in [0.25, 0.3) is 0 Å². The molecule has 4 aliphatic rings. The highest BCUT2D eigenvalue weighted by molar-refractivity contribution is 5.91. The molecular weight excluding hydrogens is 276 g/mol. The number of aliphatic hydroxyl groups excluding tert-OH is 1. The second kappa shape index (κ2) is 4.53. The number of rotatable bonds is 0. The number of fused-ring (bicyclic) bond motifs is 5. The highest BCUT2D eigenvalue weighted by Crippen LogP contribution is 2.64. The first-order valence-corrected chi connectivity index (χ1v) is 8.81. The van der Waals surface area contributed by atoms with Gasteiger partial charge in [0, 0.05) is 18.3 Å². The molecular formula is C19H26O3. The summed E-state index contributed by atoms with van der Waals surface area (Å²) in [4.78, 5) is 24.2. The quantitative estimate of drug-likeness (QED) is 0.748. The molecule has 1 unspecified atom stereocenters. The number of ketones is 2. The second-order valence-electron chi connectivity index (χ2n) is 8.53. The van der Waals surface area contributed by atoms with Crippen LogP contribution in [0, 0.1) is 28.6 Å². The Morgan fingerprint density at radius 3 is 2.55 bits per heavy atom. The number of carbonyl (C=O) groups is 2. The molecule has 4 rings (SSSR count). The van der Waals surface area contributed by atoms with Gasteiger partial charge in [-0.2, -0.15) is 0 Å². The van der Waals surface area contributed by atoms with E-state index in [1.54, 1.807) is 0 Å². The van der Waals surface area contributed by atoms with Crippen LogP contribution in [0.15, 0.2) is 11.6 Å². The molecule has 3 saturated carbocycles. The van der Waals surface area contributed by atoms with Crippen molar-refractivity contribution in [1.29, 1.82) is 0 Å². The van der Waals surface area contributed by atoms with Crippen molar-refractivity contribution < 1.29 is 14.7 Å². The largest absolute Gasteiger partial charge is 0.392 e. The molecule has 0 aromatic rings. The van der Waals surface area contributed by atoms with Crippen molar-refractivity contribution in [1.82, 2.24) is 0 Å². The highest BCUT2D eigenvalue weighted by atomic mass is 16.3. The predicted molar refractivity (Wildman–Crippen MR) is 83.1 cm³/mol. The molecule has 0 aromatic carbocycles. The van der Waals surface area contributed by atoms with Crippen LogP contribution in [-0.2, 0) is 9.59 Å². The zero-order chi connectivity index (χ0) is 15.7. The number of aliphatic hydroxyl groups is 1. The van der Waals surface area contributed by atoms with E-state index in [-0.39, 0.29) is 28.6 Å². The van der Waals surface area contributed by atoms with E-state index in [0.29, 0.717) is 36.9 Å². The van der Waals surface area contributed by atoms with E-state index in [1.165, 1.54) is 5.57 Å². The lowest BCUT2D eigenvalue weighted by Gasteiger charge is -2.58. The van der Waals surface area contributed by atoms with Crippen molar-refractivity contribution >= 4 is 11.6 Å². The average molecular weight is 302 g/mol. The van der Waals surface area contributed by atoms with Crippen molar-refractivity contribution in [3.63, 3.8) is 0 Å². The molecule has 3 nitrogen and oxygen atoms in total. The van der Waals surface area contributed by atoms with Gasteiger partial charge in [-0.15, -0.1) is 0 Å². The predicted octanol–water partition coefficient (Wildman–Crippen LogP) is 3.06. The summed E-state index contributed by atoms with van der Waals surface area (Å²) in [6.07, 6.45) is 7.23. The second-order valence-corrected chi connectivity index (χ2v) is 8.53. The Morgan fingerprint density at radius 1 is 1.05 bits per heavy atom. The van der Waals surface area contributed by atoms with Gasteiger partial charge in [0.05, 0.1) is 6.10 Å². The highest BCUT2D eigenvalue weighted by Gasteiger charge is 2.61. The molecule has 3 heteroatoms. The molecule has 0 radical (unpaired) electrons. The third-order valence-corrected chi connectivity index (χ3v) is 7.69. The Kier molecular flexibility index (Phi) is 3.01. The SMILES string of the molecule is C[C@]12CCC(=O)C=C1CC(O)[C@@H]1[C@@H]2CC[C@]2(C)C(=O)CC[C@@H]12. The fraction of sp³-hybridized carbons (Fsp3) is 0.789. The fourth-order valence-corrected chi connectivity index (χ4v) is 6.30. The monoisotopic (exact) mass is 302 g/mol. The molecule has 22 heavy (non-hydrogen) atoms. The van der Waals surface area contributed by atoms with Crippen molar-refractivity contribution in [2.45, 2.75) is 64.9 Å². The van der Waals surface area contributed by atoms with Crippen LogP contribution in [0.4, 0.5) is 0 Å². The molecule has 3 fully saturated rings. The van der Waals surface area contributed by atoms with E-state index >= 15 is 0 Å². The third kappa shape index (κ3) is 1.72. The maximum absolute atomic E-state index is 12.4. The van der Waals surface area contributed by atoms with Gasteiger partial charge in [0.2, 0.25) is 0 Å². The Labute approximate surface area is 132 Å². The summed E-state index contributed by atoms with van der Waals surface area (Å²) in [5.41, 5.74) is 1.03. The minimum atomic E-state index is -0.384. The Morgan fingerprint density at radius 2 is 1.77 bits per heavy atom. The maximum atomic E-state index is 12.4. The number of hydrogen-bond donors (Lipinski definition) is 1. The molecule has 6 atom stereocenters. The van der Waals surface area contributed by atoms with Gasteiger partial charge in [-0.25, -0.2) is 0 Å². The van der Waals surface area contributed by atoms with Gasteiger partial charge in [0.1, 0.15) is 5.78 Å². The normalized spacial score (nSPS) is 51.0. The van der Waals surface area contributed by atoms with E-state index in [9.17, 15) is 14.7 Å². The molecule has 4 aliphatic carbocycles. The van der Waals surface area contributed by atoms with Gasteiger partial charge in [-0.3, -0.25) is 9.59 Å². The summed E-state index contributed by atoms with van der Waals surface area (Å²) in [5.74, 6) is 1.63. The van der Waals surface area contributed by atoms with Crippen LogP contribution >= 0.6 is 0 Å². The van der Waals surface area contributed by atoms with E-state index in [4.69, 9.17) is 0 Å². The average Bonchev–Trinajstić information content (AvgIpc) is 2.77. The molecule has 0 heterocycles. The van der Waals surface area contributed by atoms with Crippen LogP contribution in [-0.4, -0.2) is 22.8 Å². The minimum Gasteiger partial charge on any atom is -0.392 e.